The van der Waals surface area contributed by atoms with Gasteiger partial charge in [0.2, 0.25) is 0 Å². The van der Waals surface area contributed by atoms with Crippen molar-refractivity contribution >= 4 is 12.0 Å². The average Bonchev–Trinajstić information content (AvgIpc) is 2.55. The first kappa shape index (κ1) is 16.8. The molecule has 0 aliphatic carbocycles. The molecule has 1 aromatic carbocycles. The third-order valence-electron chi connectivity index (χ3n) is 4.12. The Kier molecular flexibility index (Phi) is 6.66. The molecule has 0 bridgehead atoms. The number of carbonyl (C=O) groups excluding carboxylic acids is 1. The number of carbonyl (C=O) groups is 1. The van der Waals surface area contributed by atoms with Crippen molar-refractivity contribution in [3.63, 3.8) is 0 Å². The van der Waals surface area contributed by atoms with Crippen LogP contribution in [0.15, 0.2) is 29.8 Å². The van der Waals surface area contributed by atoms with E-state index in [1.807, 2.05) is 31.2 Å². The fourth-order valence-electron chi connectivity index (χ4n) is 2.76. The number of hydrogen-bond acceptors (Lipinski definition) is 3. The topological polar surface area (TPSA) is 29.5 Å². The van der Waals surface area contributed by atoms with Crippen LogP contribution < -0.4 is 0 Å². The van der Waals surface area contributed by atoms with Crippen LogP contribution >= 0.6 is 0 Å². The van der Waals surface area contributed by atoms with E-state index in [-0.39, 0.29) is 5.97 Å². The van der Waals surface area contributed by atoms with E-state index < -0.39 is 0 Å². The maximum atomic E-state index is 11.6. The van der Waals surface area contributed by atoms with Gasteiger partial charge in [-0.25, -0.2) is 4.79 Å². The number of benzene rings is 1. The Labute approximate surface area is 134 Å². The van der Waals surface area contributed by atoms with Gasteiger partial charge in [-0.1, -0.05) is 37.1 Å². The second-order valence-corrected chi connectivity index (χ2v) is 5.84. The van der Waals surface area contributed by atoms with Crippen LogP contribution in [0.3, 0.4) is 0 Å². The fourth-order valence-corrected chi connectivity index (χ4v) is 2.76. The molecule has 1 heterocycles. The minimum atomic E-state index is -0.245. The Balaban J connectivity index is 1.89. The zero-order valence-corrected chi connectivity index (χ0v) is 13.8. The van der Waals surface area contributed by atoms with E-state index >= 15 is 0 Å². The van der Waals surface area contributed by atoms with Crippen molar-refractivity contribution in [3.05, 3.63) is 41.0 Å². The molecule has 0 unspecified atom stereocenters. The van der Waals surface area contributed by atoms with E-state index in [4.69, 9.17) is 4.74 Å². The molecule has 1 aromatic rings. The minimum Gasteiger partial charge on any atom is -0.462 e. The Morgan fingerprint density at radius 1 is 1.18 bits per heavy atom. The van der Waals surface area contributed by atoms with Gasteiger partial charge in [0, 0.05) is 13.1 Å². The van der Waals surface area contributed by atoms with Crippen molar-refractivity contribution in [2.75, 3.05) is 26.2 Å². The third-order valence-corrected chi connectivity index (χ3v) is 4.12. The van der Waals surface area contributed by atoms with Crippen LogP contribution in [0, 0.1) is 0 Å². The van der Waals surface area contributed by atoms with E-state index in [1.165, 1.54) is 43.6 Å². The second kappa shape index (κ2) is 8.74. The molecule has 0 N–H and O–H groups in total. The predicted octanol–water partition coefficient (Wildman–Crippen LogP) is 4.14. The average molecular weight is 301 g/mol. The van der Waals surface area contributed by atoms with Crippen molar-refractivity contribution in [2.45, 2.75) is 39.5 Å². The van der Waals surface area contributed by atoms with E-state index in [0.29, 0.717) is 12.2 Å². The number of likely N-dealkylation sites (tertiary alicyclic amines) is 1. The highest BCUT2D eigenvalue weighted by molar-refractivity contribution is 5.89. The van der Waals surface area contributed by atoms with Gasteiger partial charge in [0.05, 0.1) is 12.2 Å². The van der Waals surface area contributed by atoms with E-state index in [9.17, 15) is 4.79 Å². The summed E-state index contributed by atoms with van der Waals surface area (Å²) in [4.78, 5) is 14.2. The highest BCUT2D eigenvalue weighted by Gasteiger charge is 2.13. The summed E-state index contributed by atoms with van der Waals surface area (Å²) in [5, 5.41) is 0. The number of rotatable bonds is 6. The molecule has 3 heteroatoms. The van der Waals surface area contributed by atoms with Gasteiger partial charge >= 0.3 is 5.97 Å². The number of unbranched alkanes of at least 4 members (excludes halogenated alkanes) is 1. The molecule has 0 spiro atoms. The lowest BCUT2D eigenvalue weighted by Gasteiger charge is -2.28. The monoisotopic (exact) mass is 301 g/mol. The van der Waals surface area contributed by atoms with Gasteiger partial charge in [0.15, 0.2) is 0 Å². The highest BCUT2D eigenvalue weighted by Crippen LogP contribution is 2.20. The fraction of sp³-hybridized carbons (Fsp3) is 0.526. The van der Waals surface area contributed by atoms with Crippen LogP contribution in [0.2, 0.25) is 0 Å². The third kappa shape index (κ3) is 4.99. The summed E-state index contributed by atoms with van der Waals surface area (Å²) in [6, 6.07) is 7.70. The van der Waals surface area contributed by atoms with Crippen LogP contribution in [-0.4, -0.2) is 37.1 Å². The van der Waals surface area contributed by atoms with Crippen LogP contribution in [0.25, 0.3) is 6.08 Å². The molecule has 0 aromatic heterocycles. The second-order valence-electron chi connectivity index (χ2n) is 5.84. The molecule has 3 nitrogen and oxygen atoms in total. The van der Waals surface area contributed by atoms with Crippen molar-refractivity contribution in [2.24, 2.45) is 0 Å². The number of piperidine rings is 1. The minimum absolute atomic E-state index is 0.245. The lowest BCUT2D eigenvalue weighted by atomic mass is 10.00. The van der Waals surface area contributed by atoms with Gasteiger partial charge in [0.1, 0.15) is 0 Å². The van der Waals surface area contributed by atoms with Gasteiger partial charge in [-0.05, 0) is 50.4 Å². The Morgan fingerprint density at radius 2 is 1.86 bits per heavy atom. The van der Waals surface area contributed by atoms with Crippen LogP contribution in [-0.2, 0) is 4.74 Å². The molecule has 1 aliphatic heterocycles. The summed E-state index contributed by atoms with van der Waals surface area (Å²) in [5.41, 5.74) is 3.31. The molecule has 1 saturated heterocycles. The molecule has 0 atom stereocenters. The summed E-state index contributed by atoms with van der Waals surface area (Å²) in [6.45, 7) is 8.06. The summed E-state index contributed by atoms with van der Waals surface area (Å²) in [7, 11) is 0. The molecule has 0 radical (unpaired) electrons. The first-order valence-corrected chi connectivity index (χ1v) is 8.42. The smallest absolute Gasteiger partial charge is 0.338 e. The Morgan fingerprint density at radius 3 is 2.45 bits per heavy atom. The molecule has 22 heavy (non-hydrogen) atoms. The quantitative estimate of drug-likeness (QED) is 0.740. The largest absolute Gasteiger partial charge is 0.462 e. The first-order chi connectivity index (χ1) is 10.7. The van der Waals surface area contributed by atoms with Crippen LogP contribution in [0.1, 0.15) is 55.5 Å². The molecule has 1 fully saturated rings. The molecule has 1 aliphatic rings. The van der Waals surface area contributed by atoms with Gasteiger partial charge in [0.25, 0.3) is 0 Å². The van der Waals surface area contributed by atoms with Crippen LogP contribution in [0.4, 0.5) is 0 Å². The summed E-state index contributed by atoms with van der Waals surface area (Å²) in [6.07, 6.45) is 7.15. The number of esters is 1. The van der Waals surface area contributed by atoms with Gasteiger partial charge in [-0.15, -0.1) is 0 Å². The van der Waals surface area contributed by atoms with E-state index in [2.05, 4.69) is 17.9 Å². The number of ether oxygens (including phenoxy) is 1. The Bertz CT molecular complexity index is 495. The van der Waals surface area contributed by atoms with E-state index in [0.717, 1.165) is 12.8 Å². The lowest BCUT2D eigenvalue weighted by Crippen LogP contribution is -2.31. The standard InChI is InChI=1S/C19H27NO2/c1-3-5-12-20-13-10-17(11-14-20)15-16-6-8-18(9-7-16)19(21)22-4-2/h6-9,15H,3-5,10-14H2,1-2H3. The van der Waals surface area contributed by atoms with Crippen molar-refractivity contribution < 1.29 is 9.53 Å². The summed E-state index contributed by atoms with van der Waals surface area (Å²) in [5.74, 6) is -0.245. The Hall–Kier alpha value is -1.61. The number of hydrogen-bond donors (Lipinski definition) is 0. The lowest BCUT2D eigenvalue weighted by molar-refractivity contribution is 0.0526. The summed E-state index contributed by atoms with van der Waals surface area (Å²) >= 11 is 0. The van der Waals surface area contributed by atoms with Gasteiger partial charge in [-0.3, -0.25) is 0 Å². The molecule has 120 valence electrons. The van der Waals surface area contributed by atoms with Crippen molar-refractivity contribution in [1.82, 2.24) is 4.90 Å². The molecule has 0 amide bonds. The van der Waals surface area contributed by atoms with Crippen molar-refractivity contribution in [3.8, 4) is 0 Å². The zero-order chi connectivity index (χ0) is 15.8. The first-order valence-electron chi connectivity index (χ1n) is 8.42. The molecule has 2 rings (SSSR count). The predicted molar refractivity (Wildman–Crippen MR) is 91.0 cm³/mol. The van der Waals surface area contributed by atoms with Crippen LogP contribution in [0.5, 0.6) is 0 Å². The van der Waals surface area contributed by atoms with Gasteiger partial charge in [-0.2, -0.15) is 0 Å². The zero-order valence-electron chi connectivity index (χ0n) is 13.8. The summed E-state index contributed by atoms with van der Waals surface area (Å²) < 4.78 is 5.00. The van der Waals surface area contributed by atoms with Gasteiger partial charge < -0.3 is 9.64 Å². The SMILES string of the molecule is CCCCN1CCC(=Cc2ccc(C(=O)OCC)cc2)CC1. The normalized spacial score (nSPS) is 15.6. The van der Waals surface area contributed by atoms with Crippen molar-refractivity contribution in [1.29, 1.82) is 0 Å². The highest BCUT2D eigenvalue weighted by atomic mass is 16.5. The maximum Gasteiger partial charge on any atom is 0.338 e. The van der Waals surface area contributed by atoms with E-state index in [1.54, 1.807) is 0 Å². The molecular formula is C19H27NO2. The maximum absolute atomic E-state index is 11.6. The number of nitrogens with zero attached hydrogens (tertiary/aromatic N) is 1. The molecule has 0 saturated carbocycles. The molecular weight excluding hydrogens is 274 g/mol.